The number of benzene rings is 2. The van der Waals surface area contributed by atoms with Crippen molar-refractivity contribution in [2.75, 3.05) is 0 Å². The molecule has 2 nitrogen and oxygen atoms in total. The van der Waals surface area contributed by atoms with Crippen LogP contribution in [0.5, 0.6) is 0 Å². The number of nitrogens with one attached hydrogen (secondary N) is 1. The quantitative estimate of drug-likeness (QED) is 0.820. The first-order valence-electron chi connectivity index (χ1n) is 6.92. The van der Waals surface area contributed by atoms with E-state index in [9.17, 15) is 9.18 Å². The van der Waals surface area contributed by atoms with Gasteiger partial charge in [0.1, 0.15) is 5.82 Å². The van der Waals surface area contributed by atoms with Crippen LogP contribution in [0.1, 0.15) is 41.7 Å². The lowest BCUT2D eigenvalue weighted by Gasteiger charge is -2.19. The first-order chi connectivity index (χ1) is 10.1. The Morgan fingerprint density at radius 2 is 1.95 bits per heavy atom. The molecule has 4 heteroatoms. The number of carbonyl (C=O) groups excluding carboxylic acids is 1. The molecule has 2 rings (SSSR count). The SMILES string of the molecule is CCC[C@H](NC(=O)c1ccc(F)cc1Br)c1ccccc1. The van der Waals surface area contributed by atoms with Crippen molar-refractivity contribution < 1.29 is 9.18 Å². The Balaban J connectivity index is 2.18. The molecule has 0 aliphatic rings. The predicted octanol–water partition coefficient (Wildman–Crippen LogP) is 4.86. The summed E-state index contributed by atoms with van der Waals surface area (Å²) in [6, 6.07) is 13.9. The average Bonchev–Trinajstić information content (AvgIpc) is 2.47. The van der Waals surface area contributed by atoms with E-state index < -0.39 is 0 Å². The molecule has 110 valence electrons. The van der Waals surface area contributed by atoms with Crippen molar-refractivity contribution in [2.45, 2.75) is 25.8 Å². The van der Waals surface area contributed by atoms with Gasteiger partial charge in [0.15, 0.2) is 0 Å². The maximum absolute atomic E-state index is 13.1. The fourth-order valence-corrected chi connectivity index (χ4v) is 2.74. The van der Waals surface area contributed by atoms with E-state index in [0.717, 1.165) is 18.4 Å². The van der Waals surface area contributed by atoms with Crippen LogP contribution in [0.25, 0.3) is 0 Å². The highest BCUT2D eigenvalue weighted by Crippen LogP contribution is 2.22. The molecule has 0 aromatic heterocycles. The maximum atomic E-state index is 13.1. The molecule has 0 aliphatic carbocycles. The van der Waals surface area contributed by atoms with Gasteiger partial charge in [0.2, 0.25) is 0 Å². The molecule has 0 aliphatic heterocycles. The molecule has 1 N–H and O–H groups in total. The summed E-state index contributed by atoms with van der Waals surface area (Å²) in [5.41, 5.74) is 1.51. The highest BCUT2D eigenvalue weighted by Gasteiger charge is 2.17. The Kier molecular flexibility index (Phi) is 5.51. The van der Waals surface area contributed by atoms with Gasteiger partial charge in [-0.15, -0.1) is 0 Å². The largest absolute Gasteiger partial charge is 0.345 e. The number of rotatable bonds is 5. The third kappa shape index (κ3) is 4.14. The van der Waals surface area contributed by atoms with Crippen LogP contribution < -0.4 is 5.32 Å². The van der Waals surface area contributed by atoms with Crippen LogP contribution >= 0.6 is 15.9 Å². The zero-order chi connectivity index (χ0) is 15.2. The Labute approximate surface area is 132 Å². The van der Waals surface area contributed by atoms with Gasteiger partial charge in [-0.2, -0.15) is 0 Å². The lowest BCUT2D eigenvalue weighted by molar-refractivity contribution is 0.0933. The highest BCUT2D eigenvalue weighted by molar-refractivity contribution is 9.10. The van der Waals surface area contributed by atoms with Crippen molar-refractivity contribution in [3.05, 3.63) is 69.9 Å². The van der Waals surface area contributed by atoms with Gasteiger partial charge >= 0.3 is 0 Å². The zero-order valence-electron chi connectivity index (χ0n) is 11.8. The Morgan fingerprint density at radius 3 is 2.57 bits per heavy atom. The van der Waals surface area contributed by atoms with Gasteiger partial charge in [0.05, 0.1) is 11.6 Å². The van der Waals surface area contributed by atoms with E-state index in [0.29, 0.717) is 10.0 Å². The maximum Gasteiger partial charge on any atom is 0.252 e. The van der Waals surface area contributed by atoms with E-state index in [1.807, 2.05) is 30.3 Å². The third-order valence-corrected chi connectivity index (χ3v) is 3.92. The molecule has 0 bridgehead atoms. The van der Waals surface area contributed by atoms with Crippen molar-refractivity contribution in [1.29, 1.82) is 0 Å². The fourth-order valence-electron chi connectivity index (χ4n) is 2.21. The van der Waals surface area contributed by atoms with Crippen LogP contribution in [0, 0.1) is 5.82 Å². The summed E-state index contributed by atoms with van der Waals surface area (Å²) >= 11 is 3.23. The molecular formula is C17H17BrFNO. The predicted molar refractivity (Wildman–Crippen MR) is 85.7 cm³/mol. The number of halogens is 2. The van der Waals surface area contributed by atoms with E-state index in [4.69, 9.17) is 0 Å². The molecule has 0 spiro atoms. The number of hydrogen-bond donors (Lipinski definition) is 1. The van der Waals surface area contributed by atoms with Crippen molar-refractivity contribution in [1.82, 2.24) is 5.32 Å². The Hall–Kier alpha value is -1.68. The lowest BCUT2D eigenvalue weighted by Crippen LogP contribution is -2.28. The standard InChI is InChI=1S/C17H17BrFNO/c1-2-6-16(12-7-4-3-5-8-12)20-17(21)14-10-9-13(19)11-15(14)18/h3-5,7-11,16H,2,6H2,1H3,(H,20,21)/t16-/m0/s1. The number of hydrogen-bond acceptors (Lipinski definition) is 1. The average molecular weight is 350 g/mol. The highest BCUT2D eigenvalue weighted by atomic mass is 79.9. The normalized spacial score (nSPS) is 12.0. The van der Waals surface area contributed by atoms with Crippen LogP contribution in [-0.4, -0.2) is 5.91 Å². The lowest BCUT2D eigenvalue weighted by atomic mass is 10.0. The minimum atomic E-state index is -0.369. The van der Waals surface area contributed by atoms with E-state index in [1.54, 1.807) is 0 Å². The Morgan fingerprint density at radius 1 is 1.24 bits per heavy atom. The molecule has 0 saturated carbocycles. The van der Waals surface area contributed by atoms with Crippen molar-refractivity contribution in [3.8, 4) is 0 Å². The molecule has 1 atom stereocenters. The van der Waals surface area contributed by atoms with Crippen LogP contribution in [0.2, 0.25) is 0 Å². The summed E-state index contributed by atoms with van der Waals surface area (Å²) < 4.78 is 13.6. The second kappa shape index (κ2) is 7.36. The van der Waals surface area contributed by atoms with E-state index in [2.05, 4.69) is 28.2 Å². The van der Waals surface area contributed by atoms with Crippen molar-refractivity contribution in [2.24, 2.45) is 0 Å². The molecule has 0 unspecified atom stereocenters. The third-order valence-electron chi connectivity index (χ3n) is 3.26. The van der Waals surface area contributed by atoms with E-state index in [1.165, 1.54) is 18.2 Å². The second-order valence-corrected chi connectivity index (χ2v) is 5.70. The molecule has 2 aromatic carbocycles. The summed E-state index contributed by atoms with van der Waals surface area (Å²) in [5, 5.41) is 3.02. The van der Waals surface area contributed by atoms with E-state index >= 15 is 0 Å². The molecule has 1 amide bonds. The molecule has 0 saturated heterocycles. The Bertz CT molecular complexity index is 615. The topological polar surface area (TPSA) is 29.1 Å². The second-order valence-electron chi connectivity index (χ2n) is 4.85. The van der Waals surface area contributed by atoms with Gasteiger partial charge in [-0.1, -0.05) is 43.7 Å². The smallest absolute Gasteiger partial charge is 0.252 e. The van der Waals surface area contributed by atoms with Gasteiger partial charge in [0, 0.05) is 4.47 Å². The van der Waals surface area contributed by atoms with Gasteiger partial charge in [-0.25, -0.2) is 4.39 Å². The zero-order valence-corrected chi connectivity index (χ0v) is 13.4. The van der Waals surface area contributed by atoms with Crippen LogP contribution in [0.3, 0.4) is 0 Å². The molecule has 0 fully saturated rings. The monoisotopic (exact) mass is 349 g/mol. The number of amides is 1. The van der Waals surface area contributed by atoms with Crippen molar-refractivity contribution in [3.63, 3.8) is 0 Å². The van der Waals surface area contributed by atoms with E-state index in [-0.39, 0.29) is 17.8 Å². The summed E-state index contributed by atoms with van der Waals surface area (Å²) in [5.74, 6) is -0.573. The first-order valence-corrected chi connectivity index (χ1v) is 7.72. The van der Waals surface area contributed by atoms with Crippen LogP contribution in [0.4, 0.5) is 4.39 Å². The van der Waals surface area contributed by atoms with Crippen molar-refractivity contribution >= 4 is 21.8 Å². The van der Waals surface area contributed by atoms with Crippen LogP contribution in [-0.2, 0) is 0 Å². The summed E-state index contributed by atoms with van der Waals surface area (Å²) in [4.78, 5) is 12.4. The summed E-state index contributed by atoms with van der Waals surface area (Å²) in [6.45, 7) is 2.08. The molecule has 2 aromatic rings. The van der Waals surface area contributed by atoms with Gasteiger partial charge in [0.25, 0.3) is 5.91 Å². The minimum Gasteiger partial charge on any atom is -0.345 e. The first kappa shape index (κ1) is 15.7. The van der Waals surface area contributed by atoms with Crippen LogP contribution in [0.15, 0.2) is 53.0 Å². The molecule has 0 heterocycles. The molecule has 0 radical (unpaired) electrons. The number of carbonyl (C=O) groups is 1. The molecular weight excluding hydrogens is 333 g/mol. The minimum absolute atomic E-state index is 0.0411. The molecule has 21 heavy (non-hydrogen) atoms. The van der Waals surface area contributed by atoms with Gasteiger partial charge < -0.3 is 5.32 Å². The summed E-state index contributed by atoms with van der Waals surface area (Å²) in [7, 11) is 0. The van der Waals surface area contributed by atoms with Gasteiger partial charge in [-0.05, 0) is 46.1 Å². The summed E-state index contributed by atoms with van der Waals surface area (Å²) in [6.07, 6.45) is 1.82. The van der Waals surface area contributed by atoms with Gasteiger partial charge in [-0.3, -0.25) is 4.79 Å². The fraction of sp³-hybridized carbons (Fsp3) is 0.235.